The fourth-order valence-electron chi connectivity index (χ4n) is 2.02. The molecular weight excluding hydrogens is 383 g/mol. The van der Waals surface area contributed by atoms with Crippen LogP contribution in [0.25, 0.3) is 0 Å². The summed E-state index contributed by atoms with van der Waals surface area (Å²) in [6, 6.07) is 0. The van der Waals surface area contributed by atoms with Crippen LogP contribution in [0.1, 0.15) is 79.1 Å². The molecule has 0 radical (unpaired) electrons. The zero-order chi connectivity index (χ0) is 17.6. The minimum Gasteiger partial charge on any atom is -0.337 e. The van der Waals surface area contributed by atoms with Gasteiger partial charge >= 0.3 is 0 Å². The minimum atomic E-state index is -2.72. The number of thioether (sulfide) groups is 2. The molecule has 0 amide bonds. The second-order valence-electron chi connectivity index (χ2n) is 5.68. The van der Waals surface area contributed by atoms with Crippen molar-refractivity contribution in [3.8, 4) is 0 Å². The van der Waals surface area contributed by atoms with E-state index in [1.807, 2.05) is 18.7 Å². The van der Waals surface area contributed by atoms with Gasteiger partial charge in [0.05, 0.1) is 4.58 Å². The summed E-state index contributed by atoms with van der Waals surface area (Å²) < 4.78 is 6.05. The van der Waals surface area contributed by atoms with Crippen LogP contribution in [0, 0.1) is 0 Å². The molecule has 0 aromatic rings. The zero-order valence-electron chi connectivity index (χ0n) is 15.2. The fourth-order valence-corrected chi connectivity index (χ4v) is 11.0. The van der Waals surface area contributed by atoms with Gasteiger partial charge in [-0.2, -0.15) is 0 Å². The Morgan fingerprint density at radius 3 is 1.96 bits per heavy atom. The number of hydrogen-bond acceptors (Lipinski definition) is 5. The Labute approximate surface area is 162 Å². The summed E-state index contributed by atoms with van der Waals surface area (Å²) in [5.74, 6) is 2.23. The molecule has 0 bridgehead atoms. The molecule has 0 aliphatic rings. The van der Waals surface area contributed by atoms with E-state index in [9.17, 15) is 4.89 Å². The average Bonchev–Trinajstić information content (AvgIpc) is 2.45. The predicted molar refractivity (Wildman–Crippen MR) is 117 cm³/mol. The smallest absolute Gasteiger partial charge is 0.246 e. The third-order valence-electron chi connectivity index (χ3n) is 3.26. The molecule has 140 valence electrons. The van der Waals surface area contributed by atoms with E-state index in [4.69, 9.17) is 16.3 Å². The van der Waals surface area contributed by atoms with Crippen molar-refractivity contribution >= 4 is 52.4 Å². The van der Waals surface area contributed by atoms with Gasteiger partial charge in [-0.05, 0) is 50.0 Å². The van der Waals surface area contributed by atoms with Crippen LogP contribution in [0.3, 0.4) is 0 Å². The Morgan fingerprint density at radius 1 is 0.913 bits per heavy atom. The Bertz CT molecular complexity index is 292. The van der Waals surface area contributed by atoms with Crippen LogP contribution in [-0.2, 0) is 16.3 Å². The van der Waals surface area contributed by atoms with E-state index >= 15 is 0 Å². The van der Waals surface area contributed by atoms with Gasteiger partial charge in [0.1, 0.15) is 5.44 Å². The highest BCUT2D eigenvalue weighted by Gasteiger charge is 2.22. The van der Waals surface area contributed by atoms with Crippen molar-refractivity contribution in [1.82, 2.24) is 0 Å². The van der Waals surface area contributed by atoms with Crippen LogP contribution in [0.15, 0.2) is 0 Å². The monoisotopic (exact) mass is 418 g/mol. The lowest BCUT2D eigenvalue weighted by Gasteiger charge is -2.22. The molecule has 0 spiro atoms. The molecule has 3 unspecified atom stereocenters. The summed E-state index contributed by atoms with van der Waals surface area (Å²) in [4.78, 5) is 10.4. The van der Waals surface area contributed by atoms with E-state index in [1.54, 1.807) is 11.8 Å². The second kappa shape index (κ2) is 15.8. The lowest BCUT2D eigenvalue weighted by atomic mass is 10.2. The van der Waals surface area contributed by atoms with Gasteiger partial charge in [-0.15, -0.1) is 23.5 Å². The summed E-state index contributed by atoms with van der Waals surface area (Å²) >= 11 is 10.4. The van der Waals surface area contributed by atoms with E-state index in [0.717, 1.165) is 11.5 Å². The average molecular weight is 419 g/mol. The summed E-state index contributed by atoms with van der Waals surface area (Å²) in [6.07, 6.45) is 10.2. The molecule has 2 nitrogen and oxygen atoms in total. The van der Waals surface area contributed by atoms with Crippen LogP contribution in [-0.4, -0.2) is 26.4 Å². The molecular formula is C16H35O2PS4. The Balaban J connectivity index is 3.81. The van der Waals surface area contributed by atoms with E-state index in [1.165, 1.54) is 62.7 Å². The van der Waals surface area contributed by atoms with Gasteiger partial charge in [0.15, 0.2) is 0 Å². The molecule has 0 rings (SSSR count). The van der Waals surface area contributed by atoms with Gasteiger partial charge < -0.3 is 9.42 Å². The molecule has 1 N–H and O–H groups in total. The normalized spacial score (nSPS) is 16.9. The topological polar surface area (TPSA) is 29.5 Å². The molecule has 0 saturated carbocycles. The van der Waals surface area contributed by atoms with Crippen molar-refractivity contribution in [2.24, 2.45) is 0 Å². The van der Waals surface area contributed by atoms with Crippen LogP contribution < -0.4 is 0 Å². The van der Waals surface area contributed by atoms with Crippen molar-refractivity contribution in [1.29, 1.82) is 0 Å². The van der Waals surface area contributed by atoms with Crippen LogP contribution in [0.4, 0.5) is 0 Å². The van der Waals surface area contributed by atoms with E-state index in [2.05, 4.69) is 20.8 Å². The maximum Gasteiger partial charge on any atom is 0.246 e. The third-order valence-corrected chi connectivity index (χ3v) is 10.8. The lowest BCUT2D eigenvalue weighted by molar-refractivity contribution is 0.311. The van der Waals surface area contributed by atoms with Gasteiger partial charge in [0, 0.05) is 0 Å². The van der Waals surface area contributed by atoms with Crippen molar-refractivity contribution in [2.45, 2.75) is 89.1 Å². The van der Waals surface area contributed by atoms with Crippen molar-refractivity contribution in [3.63, 3.8) is 0 Å². The largest absolute Gasteiger partial charge is 0.337 e. The SMILES string of the molecule is CCCCCCSC(C)OP(O)(=S)SC(C)SCCCCCC. The lowest BCUT2D eigenvalue weighted by Crippen LogP contribution is -2.03. The molecule has 0 heterocycles. The van der Waals surface area contributed by atoms with Gasteiger partial charge in [-0.3, -0.25) is 0 Å². The molecule has 23 heavy (non-hydrogen) atoms. The van der Waals surface area contributed by atoms with Gasteiger partial charge in [0.2, 0.25) is 5.69 Å². The minimum absolute atomic E-state index is 0.0123. The quantitative estimate of drug-likeness (QED) is 0.161. The van der Waals surface area contributed by atoms with Crippen molar-refractivity contribution in [3.05, 3.63) is 0 Å². The molecule has 3 atom stereocenters. The van der Waals surface area contributed by atoms with Crippen LogP contribution >= 0.6 is 40.6 Å². The summed E-state index contributed by atoms with van der Waals surface area (Å²) in [6.45, 7) is 8.58. The maximum atomic E-state index is 10.4. The highest BCUT2D eigenvalue weighted by molar-refractivity contribution is 8.69. The highest BCUT2D eigenvalue weighted by atomic mass is 32.9. The summed E-state index contributed by atoms with van der Waals surface area (Å²) in [5.41, 5.74) is -2.73. The summed E-state index contributed by atoms with van der Waals surface area (Å²) in [7, 11) is 0. The zero-order valence-corrected chi connectivity index (χ0v) is 19.3. The first-order valence-corrected chi connectivity index (χ1v) is 15.1. The Morgan fingerprint density at radius 2 is 1.43 bits per heavy atom. The van der Waals surface area contributed by atoms with Crippen LogP contribution in [0.5, 0.6) is 0 Å². The van der Waals surface area contributed by atoms with Crippen molar-refractivity contribution < 1.29 is 9.42 Å². The first-order chi connectivity index (χ1) is 10.9. The van der Waals surface area contributed by atoms with Crippen LogP contribution in [0.2, 0.25) is 0 Å². The third kappa shape index (κ3) is 16.8. The molecule has 0 aliphatic carbocycles. The highest BCUT2D eigenvalue weighted by Crippen LogP contribution is 2.61. The van der Waals surface area contributed by atoms with E-state index in [0.29, 0.717) is 4.58 Å². The first-order valence-electron chi connectivity index (χ1n) is 8.84. The molecule has 0 aliphatic heterocycles. The van der Waals surface area contributed by atoms with Crippen molar-refractivity contribution in [2.75, 3.05) is 11.5 Å². The number of hydrogen-bond donors (Lipinski definition) is 1. The first kappa shape index (κ1) is 24.6. The number of unbranched alkanes of at least 4 members (excludes halogenated alkanes) is 6. The molecule has 0 fully saturated rings. The molecule has 0 saturated heterocycles. The fraction of sp³-hybridized carbons (Fsp3) is 1.00. The van der Waals surface area contributed by atoms with E-state index < -0.39 is 5.69 Å². The van der Waals surface area contributed by atoms with Gasteiger partial charge in [-0.25, -0.2) is 0 Å². The second-order valence-corrected chi connectivity index (χ2v) is 15.2. The standard InChI is InChI=1S/C16H35O2PS4/c1-5-7-9-11-13-21-15(3)18-19(17,20)23-16(4)22-14-12-10-8-6-2/h15-16H,5-14H2,1-4H3,(H,17,20). The Hall–Kier alpha value is 1.62. The van der Waals surface area contributed by atoms with Gasteiger partial charge in [0.25, 0.3) is 0 Å². The van der Waals surface area contributed by atoms with E-state index in [-0.39, 0.29) is 5.44 Å². The maximum absolute atomic E-state index is 10.4. The Kier molecular flexibility index (Phi) is 17.0. The molecule has 7 heteroatoms. The predicted octanol–water partition coefficient (Wildman–Crippen LogP) is 7.27. The molecule has 0 aromatic heterocycles. The summed E-state index contributed by atoms with van der Waals surface area (Å²) in [5, 5.41) is 0. The van der Waals surface area contributed by atoms with Gasteiger partial charge in [-0.1, -0.05) is 63.8 Å². The number of rotatable bonds is 16. The molecule has 0 aromatic carbocycles.